The van der Waals surface area contributed by atoms with Crippen LogP contribution < -0.4 is 0 Å². The van der Waals surface area contributed by atoms with Crippen LogP contribution in [0.2, 0.25) is 0 Å². The van der Waals surface area contributed by atoms with E-state index >= 15 is 0 Å². The molecule has 2 saturated heterocycles. The van der Waals surface area contributed by atoms with Gasteiger partial charge in [-0.05, 0) is 32.4 Å². The zero-order chi connectivity index (χ0) is 19.5. The van der Waals surface area contributed by atoms with E-state index in [1.165, 1.54) is 0 Å². The summed E-state index contributed by atoms with van der Waals surface area (Å²) in [7, 11) is 0. The van der Waals surface area contributed by atoms with Crippen LogP contribution in [0.25, 0.3) is 0 Å². The molecule has 9 heteroatoms. The number of amides is 1. The fourth-order valence-electron chi connectivity index (χ4n) is 3.51. The molecule has 0 aromatic carbocycles. The lowest BCUT2D eigenvalue weighted by Crippen LogP contribution is -2.37. The molecule has 3 rings (SSSR count). The van der Waals surface area contributed by atoms with Gasteiger partial charge in [0, 0.05) is 43.8 Å². The molecule has 0 radical (unpaired) electrons. The Balaban J connectivity index is 0.000000298. The Kier molecular flexibility index (Phi) is 6.22. The number of likely N-dealkylation sites (tertiary alicyclic amines) is 2. The first-order valence-corrected chi connectivity index (χ1v) is 8.39. The van der Waals surface area contributed by atoms with Crippen molar-refractivity contribution in [1.82, 2.24) is 14.8 Å². The highest BCUT2D eigenvalue weighted by atomic mass is 19.4. The Labute approximate surface area is 149 Å². The topological polar surface area (TPSA) is 73.7 Å². The molecule has 3 heterocycles. The van der Waals surface area contributed by atoms with E-state index in [-0.39, 0.29) is 0 Å². The predicted octanol–water partition coefficient (Wildman–Crippen LogP) is 2.22. The maximum absolute atomic E-state index is 12.0. The van der Waals surface area contributed by atoms with Crippen LogP contribution >= 0.6 is 0 Å². The van der Waals surface area contributed by atoms with E-state index in [9.17, 15) is 18.0 Å². The number of halogens is 3. The first kappa shape index (κ1) is 20.2. The van der Waals surface area contributed by atoms with Gasteiger partial charge >= 0.3 is 12.1 Å². The van der Waals surface area contributed by atoms with E-state index in [0.717, 1.165) is 37.4 Å². The summed E-state index contributed by atoms with van der Waals surface area (Å²) in [5.41, 5.74) is 2.17. The number of alkyl halides is 3. The Morgan fingerprint density at radius 3 is 2.54 bits per heavy atom. The quantitative estimate of drug-likeness (QED) is 0.880. The second-order valence-electron chi connectivity index (χ2n) is 6.35. The second-order valence-corrected chi connectivity index (χ2v) is 6.35. The molecular formula is C17H22F3N3O3. The molecule has 144 valence electrons. The molecule has 2 atom stereocenters. The van der Waals surface area contributed by atoms with Gasteiger partial charge in [-0.3, -0.25) is 14.7 Å². The number of pyridine rings is 1. The zero-order valence-electron chi connectivity index (χ0n) is 14.7. The van der Waals surface area contributed by atoms with E-state index < -0.39 is 12.1 Å². The van der Waals surface area contributed by atoms with Crippen molar-refractivity contribution in [3.8, 4) is 0 Å². The van der Waals surface area contributed by atoms with Crippen LogP contribution in [-0.2, 0) is 16.1 Å². The average Bonchev–Trinajstić information content (AvgIpc) is 3.05. The Morgan fingerprint density at radius 2 is 2.00 bits per heavy atom. The van der Waals surface area contributed by atoms with Crippen LogP contribution in [-0.4, -0.2) is 63.1 Å². The van der Waals surface area contributed by atoms with Crippen LogP contribution in [0.4, 0.5) is 13.2 Å². The largest absolute Gasteiger partial charge is 0.490 e. The summed E-state index contributed by atoms with van der Waals surface area (Å²) in [6.07, 6.45) is -3.29. The molecule has 1 aromatic rings. The minimum absolute atomic E-state index is 0.319. The smallest absolute Gasteiger partial charge is 0.475 e. The third-order valence-corrected chi connectivity index (χ3v) is 4.62. The normalized spacial score (nSPS) is 22.8. The van der Waals surface area contributed by atoms with Crippen LogP contribution in [0, 0.1) is 6.92 Å². The van der Waals surface area contributed by atoms with E-state index in [1.54, 1.807) is 0 Å². The number of carbonyl (C=O) groups excluding carboxylic acids is 1. The van der Waals surface area contributed by atoms with Crippen molar-refractivity contribution < 1.29 is 27.9 Å². The van der Waals surface area contributed by atoms with Crippen molar-refractivity contribution in [3.05, 3.63) is 29.6 Å². The van der Waals surface area contributed by atoms with Gasteiger partial charge in [0.15, 0.2) is 0 Å². The standard InChI is InChI=1S/C15H21N3O.C2HF3O2/c1-3-18-13-7-8-17(14(13)9-15(18)19)10-12-6-4-5-11(2)16-12;3-2(4,5)1(6)7/h4-6,13-14H,3,7-10H2,1-2H3;(H,6,7). The molecule has 0 saturated carbocycles. The van der Waals surface area contributed by atoms with Gasteiger partial charge in [-0.2, -0.15) is 13.2 Å². The number of hydrogen-bond acceptors (Lipinski definition) is 4. The molecule has 1 aromatic heterocycles. The number of aromatic nitrogens is 1. The SMILES string of the molecule is CCN1C(=O)CC2C1CCN2Cc1cccc(C)n1.O=C(O)C(F)(F)F. The lowest BCUT2D eigenvalue weighted by atomic mass is 10.1. The van der Waals surface area contributed by atoms with Crippen molar-refractivity contribution in [3.63, 3.8) is 0 Å². The maximum atomic E-state index is 12.0. The highest BCUT2D eigenvalue weighted by Gasteiger charge is 2.45. The summed E-state index contributed by atoms with van der Waals surface area (Å²) in [6, 6.07) is 6.99. The fraction of sp³-hybridized carbons (Fsp3) is 0.588. The van der Waals surface area contributed by atoms with Gasteiger partial charge in [0.1, 0.15) is 0 Å². The van der Waals surface area contributed by atoms with E-state index in [4.69, 9.17) is 9.90 Å². The van der Waals surface area contributed by atoms with Gasteiger partial charge in [0.05, 0.1) is 5.69 Å². The number of nitrogens with zero attached hydrogens (tertiary/aromatic N) is 3. The summed E-state index contributed by atoms with van der Waals surface area (Å²) in [5, 5.41) is 7.12. The zero-order valence-corrected chi connectivity index (χ0v) is 14.7. The first-order chi connectivity index (χ1) is 12.1. The number of aryl methyl sites for hydroxylation is 1. The molecule has 0 aliphatic carbocycles. The molecule has 2 fully saturated rings. The summed E-state index contributed by atoms with van der Waals surface area (Å²) in [4.78, 5) is 29.9. The molecule has 1 amide bonds. The molecule has 2 unspecified atom stereocenters. The number of hydrogen-bond donors (Lipinski definition) is 1. The van der Waals surface area contributed by atoms with Crippen LogP contribution in [0.3, 0.4) is 0 Å². The van der Waals surface area contributed by atoms with E-state index in [1.807, 2.05) is 17.9 Å². The summed E-state index contributed by atoms with van der Waals surface area (Å²) < 4.78 is 31.7. The molecular weight excluding hydrogens is 351 g/mol. The highest BCUT2D eigenvalue weighted by molar-refractivity contribution is 5.80. The number of fused-ring (bicyclic) bond motifs is 1. The fourth-order valence-corrected chi connectivity index (χ4v) is 3.51. The number of carboxylic acid groups (broad SMARTS) is 1. The third-order valence-electron chi connectivity index (χ3n) is 4.62. The van der Waals surface area contributed by atoms with Gasteiger partial charge in [-0.15, -0.1) is 0 Å². The van der Waals surface area contributed by atoms with Crippen molar-refractivity contribution in [2.75, 3.05) is 13.1 Å². The van der Waals surface area contributed by atoms with Gasteiger partial charge < -0.3 is 10.0 Å². The molecule has 2 aliphatic rings. The summed E-state index contributed by atoms with van der Waals surface area (Å²) >= 11 is 0. The molecule has 0 bridgehead atoms. The number of carbonyl (C=O) groups is 2. The molecule has 1 N–H and O–H groups in total. The second kappa shape index (κ2) is 8.03. The summed E-state index contributed by atoms with van der Waals surface area (Å²) in [6.45, 7) is 6.89. The minimum Gasteiger partial charge on any atom is -0.475 e. The molecule has 2 aliphatic heterocycles. The minimum atomic E-state index is -5.08. The number of aliphatic carboxylic acids is 1. The van der Waals surface area contributed by atoms with Crippen molar-refractivity contribution in [2.24, 2.45) is 0 Å². The van der Waals surface area contributed by atoms with Crippen molar-refractivity contribution >= 4 is 11.9 Å². The monoisotopic (exact) mass is 373 g/mol. The molecule has 26 heavy (non-hydrogen) atoms. The van der Waals surface area contributed by atoms with Crippen molar-refractivity contribution in [1.29, 1.82) is 0 Å². The Bertz CT molecular complexity index is 666. The van der Waals surface area contributed by atoms with Crippen LogP contribution in [0.15, 0.2) is 18.2 Å². The average molecular weight is 373 g/mol. The van der Waals surface area contributed by atoms with Gasteiger partial charge in [-0.25, -0.2) is 4.79 Å². The highest BCUT2D eigenvalue weighted by Crippen LogP contribution is 2.32. The number of rotatable bonds is 3. The van der Waals surface area contributed by atoms with E-state index in [0.29, 0.717) is 24.4 Å². The maximum Gasteiger partial charge on any atom is 0.490 e. The lowest BCUT2D eigenvalue weighted by Gasteiger charge is -2.24. The summed E-state index contributed by atoms with van der Waals surface area (Å²) in [5.74, 6) is -2.44. The lowest BCUT2D eigenvalue weighted by molar-refractivity contribution is -0.192. The molecule has 6 nitrogen and oxygen atoms in total. The van der Waals surface area contributed by atoms with Crippen molar-refractivity contribution in [2.45, 2.75) is 51.5 Å². The predicted molar refractivity (Wildman–Crippen MR) is 87.3 cm³/mol. The van der Waals surface area contributed by atoms with Crippen LogP contribution in [0.1, 0.15) is 31.2 Å². The molecule has 0 spiro atoms. The number of likely N-dealkylation sites (N-methyl/N-ethyl adjacent to an activating group) is 1. The first-order valence-electron chi connectivity index (χ1n) is 8.39. The van der Waals surface area contributed by atoms with Gasteiger partial charge in [0.2, 0.25) is 5.91 Å². The van der Waals surface area contributed by atoms with Crippen LogP contribution in [0.5, 0.6) is 0 Å². The van der Waals surface area contributed by atoms with Gasteiger partial charge in [-0.1, -0.05) is 6.07 Å². The number of carboxylic acids is 1. The Hall–Kier alpha value is -2.16. The third kappa shape index (κ3) is 4.72. The van der Waals surface area contributed by atoms with Gasteiger partial charge in [0.25, 0.3) is 0 Å². The Morgan fingerprint density at radius 1 is 1.35 bits per heavy atom. The van der Waals surface area contributed by atoms with E-state index in [2.05, 4.69) is 28.9 Å².